The first kappa shape index (κ1) is 14.5. The molecule has 0 spiro atoms. The van der Waals surface area contributed by atoms with Crippen molar-refractivity contribution in [2.24, 2.45) is 0 Å². The summed E-state index contributed by atoms with van der Waals surface area (Å²) in [4.78, 5) is 0. The van der Waals surface area contributed by atoms with Crippen LogP contribution in [0, 0.1) is 0 Å². The topological polar surface area (TPSA) is 64.9 Å². The van der Waals surface area contributed by atoms with Crippen LogP contribution in [0.5, 0.6) is 0 Å². The number of hydrogen-bond donors (Lipinski definition) is 1. The number of ether oxygens (including phenoxy) is 1. The van der Waals surface area contributed by atoms with E-state index in [0.717, 1.165) is 18.2 Å². The van der Waals surface area contributed by atoms with Gasteiger partial charge in [-0.2, -0.15) is 0 Å². The average Bonchev–Trinajstić information content (AvgIpc) is 3.23. The number of benzene rings is 1. The summed E-state index contributed by atoms with van der Waals surface area (Å²) in [5.41, 5.74) is 1.17. The minimum absolute atomic E-state index is 0.547. The molecule has 1 saturated carbocycles. The average molecular weight is 305 g/mol. The molecular formula is C14H19N5OS. The number of nitrogens with zero attached hydrogens (tertiary/aromatic N) is 4. The third-order valence-electron chi connectivity index (χ3n) is 3.22. The van der Waals surface area contributed by atoms with Gasteiger partial charge >= 0.3 is 0 Å². The molecule has 2 aromatic rings. The Morgan fingerprint density at radius 3 is 2.95 bits per heavy atom. The second-order valence-corrected chi connectivity index (χ2v) is 5.90. The van der Waals surface area contributed by atoms with Crippen molar-refractivity contribution >= 4 is 11.8 Å². The van der Waals surface area contributed by atoms with Crippen molar-refractivity contribution in [3.05, 3.63) is 35.9 Å². The summed E-state index contributed by atoms with van der Waals surface area (Å²) in [5.74, 6) is 0.547. The molecule has 0 atom stereocenters. The summed E-state index contributed by atoms with van der Waals surface area (Å²) in [7, 11) is 0. The van der Waals surface area contributed by atoms with Crippen molar-refractivity contribution < 1.29 is 4.74 Å². The molecule has 0 radical (unpaired) electrons. The van der Waals surface area contributed by atoms with Crippen molar-refractivity contribution in [1.82, 2.24) is 25.5 Å². The van der Waals surface area contributed by atoms with E-state index in [-0.39, 0.29) is 0 Å². The molecule has 0 aliphatic heterocycles. The smallest absolute Gasteiger partial charge is 0.211 e. The molecule has 1 aromatic carbocycles. The van der Waals surface area contributed by atoms with Crippen LogP contribution in [0.25, 0.3) is 0 Å². The fraction of sp³-hybridized carbons (Fsp3) is 0.500. The quantitative estimate of drug-likeness (QED) is 0.432. The maximum absolute atomic E-state index is 5.64. The fourth-order valence-corrected chi connectivity index (χ4v) is 2.57. The zero-order chi connectivity index (χ0) is 14.3. The van der Waals surface area contributed by atoms with Gasteiger partial charge in [0.2, 0.25) is 5.16 Å². The molecule has 1 fully saturated rings. The Morgan fingerprint density at radius 2 is 2.14 bits per heavy atom. The van der Waals surface area contributed by atoms with Gasteiger partial charge in [-0.3, -0.25) is 0 Å². The van der Waals surface area contributed by atoms with Gasteiger partial charge in [0, 0.05) is 12.6 Å². The molecule has 7 heteroatoms. The van der Waals surface area contributed by atoms with Crippen LogP contribution in [0.1, 0.15) is 18.4 Å². The van der Waals surface area contributed by atoms with Gasteiger partial charge in [0.05, 0.1) is 13.2 Å². The molecular weight excluding hydrogens is 286 g/mol. The van der Waals surface area contributed by atoms with Gasteiger partial charge in [-0.1, -0.05) is 42.1 Å². The highest BCUT2D eigenvalue weighted by molar-refractivity contribution is 7.99. The number of rotatable bonds is 9. The van der Waals surface area contributed by atoms with Crippen LogP contribution in [-0.2, 0) is 17.9 Å². The zero-order valence-electron chi connectivity index (χ0n) is 11.8. The van der Waals surface area contributed by atoms with Crippen LogP contribution < -0.4 is 5.32 Å². The fourth-order valence-electron chi connectivity index (χ4n) is 1.93. The van der Waals surface area contributed by atoms with E-state index in [1.54, 1.807) is 0 Å². The maximum atomic E-state index is 5.64. The second kappa shape index (κ2) is 7.53. The van der Waals surface area contributed by atoms with E-state index in [0.29, 0.717) is 18.6 Å². The lowest BCUT2D eigenvalue weighted by Gasteiger charge is -2.06. The zero-order valence-corrected chi connectivity index (χ0v) is 12.6. The van der Waals surface area contributed by atoms with Gasteiger partial charge in [0.15, 0.2) is 0 Å². The number of tetrazole rings is 1. The van der Waals surface area contributed by atoms with Crippen molar-refractivity contribution in [3.63, 3.8) is 0 Å². The predicted octanol–water partition coefficient (Wildman–Crippen LogP) is 1.69. The van der Waals surface area contributed by atoms with Crippen molar-refractivity contribution in [2.45, 2.75) is 37.2 Å². The number of aromatic nitrogens is 4. The molecule has 1 heterocycles. The minimum Gasteiger partial charge on any atom is -0.366 e. The van der Waals surface area contributed by atoms with Gasteiger partial charge in [0.1, 0.15) is 5.94 Å². The van der Waals surface area contributed by atoms with E-state index in [4.69, 9.17) is 4.74 Å². The summed E-state index contributed by atoms with van der Waals surface area (Å²) in [5, 5.41) is 16.0. The standard InChI is InChI=1S/C14H19N5OS/c1-2-4-12(5-3-1)10-20-11-21-14-16-17-18-19(14)9-8-15-13-6-7-13/h1-5,13,15H,6-11H2. The van der Waals surface area contributed by atoms with Crippen molar-refractivity contribution in [1.29, 1.82) is 0 Å². The number of hydrogen-bond acceptors (Lipinski definition) is 6. The first-order valence-electron chi connectivity index (χ1n) is 7.16. The lowest BCUT2D eigenvalue weighted by atomic mass is 10.2. The lowest BCUT2D eigenvalue weighted by molar-refractivity contribution is 0.169. The molecule has 0 amide bonds. The van der Waals surface area contributed by atoms with Gasteiger partial charge in [0.25, 0.3) is 0 Å². The first-order chi connectivity index (χ1) is 10.4. The highest BCUT2D eigenvalue weighted by atomic mass is 32.2. The number of nitrogens with one attached hydrogen (secondary N) is 1. The Hall–Kier alpha value is -1.44. The Labute approximate surface area is 128 Å². The van der Waals surface area contributed by atoms with E-state index in [2.05, 4.69) is 33.0 Å². The van der Waals surface area contributed by atoms with Crippen LogP contribution in [0.4, 0.5) is 0 Å². The molecule has 6 nitrogen and oxygen atoms in total. The molecule has 1 N–H and O–H groups in total. The van der Waals surface area contributed by atoms with Crippen molar-refractivity contribution in [2.75, 3.05) is 12.5 Å². The third kappa shape index (κ3) is 4.80. The molecule has 1 aromatic heterocycles. The van der Waals surface area contributed by atoms with E-state index >= 15 is 0 Å². The first-order valence-corrected chi connectivity index (χ1v) is 8.14. The van der Waals surface area contributed by atoms with Crippen LogP contribution in [0.2, 0.25) is 0 Å². The molecule has 1 aliphatic carbocycles. The molecule has 1 aliphatic rings. The molecule has 0 unspecified atom stereocenters. The second-order valence-electron chi connectivity index (χ2n) is 5.01. The summed E-state index contributed by atoms with van der Waals surface area (Å²) < 4.78 is 7.46. The van der Waals surface area contributed by atoms with E-state index in [9.17, 15) is 0 Å². The summed E-state index contributed by atoms with van der Waals surface area (Å²) in [6.45, 7) is 2.32. The SMILES string of the molecule is c1ccc(COCSc2nnnn2CCNC2CC2)cc1. The highest BCUT2D eigenvalue weighted by Crippen LogP contribution is 2.18. The summed E-state index contributed by atoms with van der Waals surface area (Å²) >= 11 is 1.52. The number of thioether (sulfide) groups is 1. The summed E-state index contributed by atoms with van der Waals surface area (Å²) in [6.07, 6.45) is 2.59. The van der Waals surface area contributed by atoms with Crippen LogP contribution >= 0.6 is 11.8 Å². The molecule has 112 valence electrons. The van der Waals surface area contributed by atoms with Crippen LogP contribution in [-0.4, -0.2) is 38.7 Å². The summed E-state index contributed by atoms with van der Waals surface area (Å²) in [6, 6.07) is 10.9. The molecule has 3 rings (SSSR count). The van der Waals surface area contributed by atoms with E-state index in [1.165, 1.54) is 30.2 Å². The van der Waals surface area contributed by atoms with Crippen LogP contribution in [0.15, 0.2) is 35.5 Å². The van der Waals surface area contributed by atoms with Gasteiger partial charge < -0.3 is 10.1 Å². The van der Waals surface area contributed by atoms with Crippen LogP contribution in [0.3, 0.4) is 0 Å². The lowest BCUT2D eigenvalue weighted by Crippen LogP contribution is -2.22. The van der Waals surface area contributed by atoms with Gasteiger partial charge in [-0.05, 0) is 28.8 Å². The van der Waals surface area contributed by atoms with Gasteiger partial charge in [-0.15, -0.1) is 5.10 Å². The Kier molecular flexibility index (Phi) is 5.20. The Balaban J connectivity index is 1.37. The largest absolute Gasteiger partial charge is 0.366 e. The maximum Gasteiger partial charge on any atom is 0.211 e. The van der Waals surface area contributed by atoms with Gasteiger partial charge in [-0.25, -0.2) is 4.68 Å². The highest BCUT2D eigenvalue weighted by Gasteiger charge is 2.20. The minimum atomic E-state index is 0.547. The van der Waals surface area contributed by atoms with E-state index in [1.807, 2.05) is 22.9 Å². The normalized spacial score (nSPS) is 14.5. The van der Waals surface area contributed by atoms with Crippen molar-refractivity contribution in [3.8, 4) is 0 Å². The molecule has 21 heavy (non-hydrogen) atoms. The Bertz CT molecular complexity index is 543. The Morgan fingerprint density at radius 1 is 1.29 bits per heavy atom. The monoisotopic (exact) mass is 305 g/mol. The third-order valence-corrected chi connectivity index (χ3v) is 4.05. The predicted molar refractivity (Wildman–Crippen MR) is 80.8 cm³/mol. The molecule has 0 saturated heterocycles. The van der Waals surface area contributed by atoms with E-state index < -0.39 is 0 Å². The molecule has 0 bridgehead atoms.